The smallest absolute Gasteiger partial charge is 0.269 e. The normalized spacial score (nSPS) is 10.6. The van der Waals surface area contributed by atoms with E-state index in [0.29, 0.717) is 11.3 Å². The molecule has 1 N–H and O–H groups in total. The van der Waals surface area contributed by atoms with E-state index in [-0.39, 0.29) is 18.0 Å². The second-order valence-electron chi connectivity index (χ2n) is 7.13. The predicted octanol–water partition coefficient (Wildman–Crippen LogP) is 4.94. The SMILES string of the molecule is Cc1ccccc1NC(=O)Cc1cn(-c2ccccc2)nc1-c1ccc([N+](=O)[O-])cc1. The molecule has 0 aliphatic heterocycles. The van der Waals surface area contributed by atoms with Gasteiger partial charge in [0.1, 0.15) is 0 Å². The molecule has 3 aromatic carbocycles. The zero-order valence-corrected chi connectivity index (χ0v) is 16.9. The lowest BCUT2D eigenvalue weighted by Gasteiger charge is -2.08. The number of hydrogen-bond donors (Lipinski definition) is 1. The van der Waals surface area contributed by atoms with Gasteiger partial charge in [0.25, 0.3) is 5.69 Å². The van der Waals surface area contributed by atoms with Gasteiger partial charge in [0.15, 0.2) is 0 Å². The van der Waals surface area contributed by atoms with Gasteiger partial charge >= 0.3 is 0 Å². The Morgan fingerprint density at radius 3 is 2.35 bits per heavy atom. The number of aryl methyl sites for hydroxylation is 1. The summed E-state index contributed by atoms with van der Waals surface area (Å²) in [5.41, 5.74) is 4.65. The average molecular weight is 412 g/mol. The van der Waals surface area contributed by atoms with Crippen LogP contribution in [0.2, 0.25) is 0 Å². The summed E-state index contributed by atoms with van der Waals surface area (Å²) in [5.74, 6) is -0.162. The second-order valence-corrected chi connectivity index (χ2v) is 7.13. The molecule has 0 aliphatic carbocycles. The van der Waals surface area contributed by atoms with Gasteiger partial charge in [-0.15, -0.1) is 0 Å². The summed E-state index contributed by atoms with van der Waals surface area (Å²) in [7, 11) is 0. The Morgan fingerprint density at radius 1 is 1.00 bits per heavy atom. The van der Waals surface area contributed by atoms with Crippen LogP contribution in [0.1, 0.15) is 11.1 Å². The van der Waals surface area contributed by atoms with Crippen LogP contribution in [0.4, 0.5) is 11.4 Å². The first-order valence-electron chi connectivity index (χ1n) is 9.75. The maximum absolute atomic E-state index is 12.8. The number of aromatic nitrogens is 2. The molecule has 7 heteroatoms. The van der Waals surface area contributed by atoms with E-state index in [4.69, 9.17) is 0 Å². The molecule has 7 nitrogen and oxygen atoms in total. The Bertz CT molecular complexity index is 1230. The molecule has 0 fully saturated rings. The number of carbonyl (C=O) groups is 1. The zero-order chi connectivity index (χ0) is 21.8. The standard InChI is InChI=1S/C24H20N4O3/c1-17-7-5-6-10-22(17)25-23(29)15-19-16-27(20-8-3-2-4-9-20)26-24(19)18-11-13-21(14-12-18)28(30)31/h2-14,16H,15H2,1H3,(H,25,29). The number of nitrogens with one attached hydrogen (secondary N) is 1. The summed E-state index contributed by atoms with van der Waals surface area (Å²) in [6, 6.07) is 23.3. The minimum Gasteiger partial charge on any atom is -0.326 e. The summed E-state index contributed by atoms with van der Waals surface area (Å²) >= 11 is 0. The number of nitro benzene ring substituents is 1. The van der Waals surface area contributed by atoms with E-state index in [1.807, 2.05) is 67.7 Å². The van der Waals surface area contributed by atoms with Gasteiger partial charge in [-0.25, -0.2) is 4.68 Å². The number of non-ortho nitro benzene ring substituents is 1. The van der Waals surface area contributed by atoms with Gasteiger partial charge in [-0.05, 0) is 42.8 Å². The number of nitrogens with zero attached hydrogens (tertiary/aromatic N) is 3. The maximum atomic E-state index is 12.8. The molecule has 31 heavy (non-hydrogen) atoms. The summed E-state index contributed by atoms with van der Waals surface area (Å²) in [6.07, 6.45) is 1.94. The molecule has 0 spiro atoms. The van der Waals surface area contributed by atoms with Gasteiger partial charge in [0.2, 0.25) is 5.91 Å². The van der Waals surface area contributed by atoms with Gasteiger partial charge in [0.05, 0.1) is 22.7 Å². The quantitative estimate of drug-likeness (QED) is 0.359. The molecule has 1 heterocycles. The molecule has 0 atom stereocenters. The fourth-order valence-corrected chi connectivity index (χ4v) is 3.32. The molecule has 0 saturated carbocycles. The molecule has 0 radical (unpaired) electrons. The van der Waals surface area contributed by atoms with Crippen molar-refractivity contribution in [3.8, 4) is 16.9 Å². The van der Waals surface area contributed by atoms with Crippen molar-refractivity contribution in [1.29, 1.82) is 0 Å². The molecule has 1 amide bonds. The molecule has 0 unspecified atom stereocenters. The van der Waals surface area contributed by atoms with Crippen molar-refractivity contribution in [2.45, 2.75) is 13.3 Å². The number of anilines is 1. The first kappa shape index (κ1) is 20.0. The van der Waals surface area contributed by atoms with Crippen molar-refractivity contribution in [1.82, 2.24) is 9.78 Å². The number of benzene rings is 3. The number of carbonyl (C=O) groups excluding carboxylic acids is 1. The van der Waals surface area contributed by atoms with Crippen molar-refractivity contribution in [3.05, 3.63) is 106 Å². The van der Waals surface area contributed by atoms with Gasteiger partial charge in [0, 0.05) is 35.1 Å². The van der Waals surface area contributed by atoms with Crippen molar-refractivity contribution in [2.24, 2.45) is 0 Å². The third kappa shape index (κ3) is 4.51. The molecular weight excluding hydrogens is 392 g/mol. The van der Waals surface area contributed by atoms with Crippen LogP contribution in [0.15, 0.2) is 85.1 Å². The van der Waals surface area contributed by atoms with E-state index in [1.54, 1.807) is 16.8 Å². The Hall–Kier alpha value is -4.26. The minimum atomic E-state index is -0.442. The van der Waals surface area contributed by atoms with Gasteiger partial charge in [-0.1, -0.05) is 36.4 Å². The summed E-state index contributed by atoms with van der Waals surface area (Å²) < 4.78 is 1.72. The fraction of sp³-hybridized carbons (Fsp3) is 0.0833. The van der Waals surface area contributed by atoms with Crippen molar-refractivity contribution >= 4 is 17.3 Å². The van der Waals surface area contributed by atoms with Crippen molar-refractivity contribution in [2.75, 3.05) is 5.32 Å². The number of hydrogen-bond acceptors (Lipinski definition) is 4. The van der Waals surface area contributed by atoms with Gasteiger partial charge in [-0.3, -0.25) is 14.9 Å². The highest BCUT2D eigenvalue weighted by molar-refractivity contribution is 5.93. The van der Waals surface area contributed by atoms with Crippen LogP contribution in [-0.2, 0) is 11.2 Å². The highest BCUT2D eigenvalue weighted by Gasteiger charge is 2.17. The number of para-hydroxylation sites is 2. The van der Waals surface area contributed by atoms with Crippen LogP contribution in [0, 0.1) is 17.0 Å². The summed E-state index contributed by atoms with van der Waals surface area (Å²) in [4.78, 5) is 23.3. The Morgan fingerprint density at radius 2 is 1.68 bits per heavy atom. The predicted molar refractivity (Wildman–Crippen MR) is 119 cm³/mol. The summed E-state index contributed by atoms with van der Waals surface area (Å²) in [5, 5.41) is 18.6. The van der Waals surface area contributed by atoms with Crippen LogP contribution >= 0.6 is 0 Å². The molecule has 1 aromatic heterocycles. The molecule has 0 saturated heterocycles. The summed E-state index contributed by atoms with van der Waals surface area (Å²) in [6.45, 7) is 1.94. The molecule has 4 aromatic rings. The van der Waals surface area contributed by atoms with E-state index in [0.717, 1.165) is 22.5 Å². The van der Waals surface area contributed by atoms with Crippen LogP contribution in [0.5, 0.6) is 0 Å². The lowest BCUT2D eigenvalue weighted by atomic mass is 10.1. The lowest BCUT2D eigenvalue weighted by molar-refractivity contribution is -0.384. The third-order valence-corrected chi connectivity index (χ3v) is 4.93. The van der Waals surface area contributed by atoms with E-state index in [9.17, 15) is 14.9 Å². The van der Waals surface area contributed by atoms with Crippen molar-refractivity contribution < 1.29 is 9.72 Å². The lowest BCUT2D eigenvalue weighted by Crippen LogP contribution is -2.15. The van der Waals surface area contributed by atoms with Gasteiger partial charge in [-0.2, -0.15) is 5.10 Å². The Labute approximate surface area is 179 Å². The first-order chi connectivity index (χ1) is 15.0. The third-order valence-electron chi connectivity index (χ3n) is 4.93. The zero-order valence-electron chi connectivity index (χ0n) is 16.9. The van der Waals surface area contributed by atoms with E-state index in [2.05, 4.69) is 10.4 Å². The maximum Gasteiger partial charge on any atom is 0.269 e. The van der Waals surface area contributed by atoms with Crippen LogP contribution in [0.25, 0.3) is 16.9 Å². The van der Waals surface area contributed by atoms with E-state index in [1.165, 1.54) is 12.1 Å². The fourth-order valence-electron chi connectivity index (χ4n) is 3.32. The average Bonchev–Trinajstić information content (AvgIpc) is 3.19. The van der Waals surface area contributed by atoms with Crippen molar-refractivity contribution in [3.63, 3.8) is 0 Å². The first-order valence-corrected chi connectivity index (χ1v) is 9.75. The largest absolute Gasteiger partial charge is 0.326 e. The number of nitro groups is 1. The van der Waals surface area contributed by atoms with Crippen LogP contribution < -0.4 is 5.32 Å². The Balaban J connectivity index is 1.68. The van der Waals surface area contributed by atoms with Crippen LogP contribution in [0.3, 0.4) is 0 Å². The Kier molecular flexibility index (Phi) is 5.57. The molecule has 154 valence electrons. The van der Waals surface area contributed by atoms with Crippen LogP contribution in [-0.4, -0.2) is 20.6 Å². The van der Waals surface area contributed by atoms with E-state index < -0.39 is 4.92 Å². The van der Waals surface area contributed by atoms with Gasteiger partial charge < -0.3 is 5.32 Å². The minimum absolute atomic E-state index is 0.00471. The highest BCUT2D eigenvalue weighted by atomic mass is 16.6. The molecule has 0 aliphatic rings. The molecule has 0 bridgehead atoms. The topological polar surface area (TPSA) is 90.1 Å². The molecule has 4 rings (SSSR count). The second kappa shape index (κ2) is 8.62. The monoisotopic (exact) mass is 412 g/mol. The number of amides is 1. The number of rotatable bonds is 6. The van der Waals surface area contributed by atoms with E-state index >= 15 is 0 Å². The highest BCUT2D eigenvalue weighted by Crippen LogP contribution is 2.26. The molecular formula is C24H20N4O3.